The van der Waals surface area contributed by atoms with Crippen LogP contribution in [0.5, 0.6) is 0 Å². The lowest BCUT2D eigenvalue weighted by Crippen LogP contribution is -2.36. The van der Waals surface area contributed by atoms with E-state index in [0.29, 0.717) is 33.1 Å². The third kappa shape index (κ3) is 5.80. The van der Waals surface area contributed by atoms with Crippen molar-refractivity contribution in [2.24, 2.45) is 0 Å². The summed E-state index contributed by atoms with van der Waals surface area (Å²) in [5.74, 6) is -0.802. The number of aromatic nitrogens is 2. The first kappa shape index (κ1) is 26.8. The molecule has 0 fully saturated rings. The van der Waals surface area contributed by atoms with E-state index in [1.54, 1.807) is 47.2 Å². The Morgan fingerprint density at radius 2 is 1.69 bits per heavy atom. The van der Waals surface area contributed by atoms with Crippen LogP contribution in [0.15, 0.2) is 78.9 Å². The van der Waals surface area contributed by atoms with Gasteiger partial charge in [-0.3, -0.25) is 4.79 Å². The Kier molecular flexibility index (Phi) is 7.40. The Balaban J connectivity index is 1.67. The molecule has 10 heteroatoms. The van der Waals surface area contributed by atoms with E-state index >= 15 is 0 Å². The highest BCUT2D eigenvalue weighted by Gasteiger charge is 2.35. The zero-order valence-electron chi connectivity index (χ0n) is 21.3. The number of sulfonamides is 1. The van der Waals surface area contributed by atoms with Gasteiger partial charge in [0.25, 0.3) is 5.91 Å². The molecular weight excluding hydrogens is 539 g/mol. The van der Waals surface area contributed by atoms with E-state index in [1.807, 2.05) is 37.3 Å². The lowest BCUT2D eigenvalue weighted by molar-refractivity contribution is 0.0933. The van der Waals surface area contributed by atoms with E-state index in [-0.39, 0.29) is 30.6 Å². The zero-order chi connectivity index (χ0) is 27.7. The van der Waals surface area contributed by atoms with Crippen LogP contribution in [0.3, 0.4) is 0 Å². The molecule has 0 radical (unpaired) electrons. The lowest BCUT2D eigenvalue weighted by Gasteiger charge is -2.28. The maximum Gasteiger partial charge on any atom is 0.272 e. The van der Waals surface area contributed by atoms with Crippen LogP contribution < -0.4 is 5.32 Å². The number of hydrogen-bond acceptors (Lipinski definition) is 4. The van der Waals surface area contributed by atoms with Crippen LogP contribution in [0.2, 0.25) is 5.02 Å². The number of carbonyl (C=O) groups excluding carboxylic acids is 1. The molecule has 200 valence electrons. The number of nitrogens with one attached hydrogen (secondary N) is 1. The van der Waals surface area contributed by atoms with Crippen molar-refractivity contribution in [3.63, 3.8) is 0 Å². The normalized spacial score (nSPS) is 15.6. The van der Waals surface area contributed by atoms with E-state index < -0.39 is 15.9 Å². The summed E-state index contributed by atoms with van der Waals surface area (Å²) in [6.45, 7) is 1.91. The standard InChI is InChI=1S/C29H26ClFN4O3S/c1-19(21-6-4-3-5-7-21)32-29(36)27-26-18-34(39(2,37)38)17-22(16-20-8-12-24(31)13-9-20)28(26)35(33-27)25-14-10-23(30)11-15-25/h3-16,19H,17-18H2,1-2H3,(H,32,36)/b22-16+/t19-/m1/s1. The van der Waals surface area contributed by atoms with Crippen molar-refractivity contribution >= 4 is 39.2 Å². The fourth-order valence-electron chi connectivity index (χ4n) is 4.58. The number of halogens is 2. The molecule has 4 aromatic rings. The van der Waals surface area contributed by atoms with Crippen LogP contribution in [0.4, 0.5) is 4.39 Å². The van der Waals surface area contributed by atoms with Crippen LogP contribution in [-0.2, 0) is 16.6 Å². The molecule has 5 rings (SSSR count). The van der Waals surface area contributed by atoms with Crippen LogP contribution in [0, 0.1) is 5.82 Å². The minimum atomic E-state index is -3.62. The second kappa shape index (κ2) is 10.8. The Bertz CT molecular complexity index is 1650. The van der Waals surface area contributed by atoms with Gasteiger partial charge in [-0.15, -0.1) is 0 Å². The van der Waals surface area contributed by atoms with Crippen molar-refractivity contribution in [3.8, 4) is 5.69 Å². The molecule has 0 saturated carbocycles. The topological polar surface area (TPSA) is 84.3 Å². The highest BCUT2D eigenvalue weighted by molar-refractivity contribution is 7.88. The van der Waals surface area contributed by atoms with Gasteiger partial charge >= 0.3 is 0 Å². The Morgan fingerprint density at radius 1 is 1.03 bits per heavy atom. The molecule has 0 spiro atoms. The molecule has 1 aromatic heterocycles. The van der Waals surface area contributed by atoms with Gasteiger partial charge < -0.3 is 5.32 Å². The molecule has 1 aliphatic rings. The summed E-state index contributed by atoms with van der Waals surface area (Å²) in [4.78, 5) is 13.6. The zero-order valence-corrected chi connectivity index (χ0v) is 22.9. The van der Waals surface area contributed by atoms with Gasteiger partial charge in [0, 0.05) is 23.7 Å². The number of rotatable bonds is 6. The fraction of sp³-hybridized carbons (Fsp3) is 0.172. The quantitative estimate of drug-likeness (QED) is 0.336. The van der Waals surface area contributed by atoms with Gasteiger partial charge in [-0.2, -0.15) is 9.40 Å². The summed E-state index contributed by atoms with van der Waals surface area (Å²) in [5, 5.41) is 8.24. The SMILES string of the molecule is C[C@@H](NC(=O)c1nn(-c2ccc(Cl)cc2)c2c1CN(S(C)(=O)=O)C/C2=C\c1ccc(F)cc1)c1ccccc1. The third-order valence-electron chi connectivity index (χ3n) is 6.58. The van der Waals surface area contributed by atoms with Gasteiger partial charge in [-0.1, -0.05) is 54.1 Å². The van der Waals surface area contributed by atoms with E-state index in [9.17, 15) is 17.6 Å². The predicted molar refractivity (Wildman–Crippen MR) is 150 cm³/mol. The van der Waals surface area contributed by atoms with Gasteiger partial charge in [-0.05, 0) is 66.1 Å². The van der Waals surface area contributed by atoms with Gasteiger partial charge in [0.2, 0.25) is 10.0 Å². The average molecular weight is 565 g/mol. The van der Waals surface area contributed by atoms with Crippen molar-refractivity contribution in [2.75, 3.05) is 12.8 Å². The van der Waals surface area contributed by atoms with Gasteiger partial charge in [0.15, 0.2) is 5.69 Å². The second-order valence-corrected chi connectivity index (χ2v) is 11.8. The van der Waals surface area contributed by atoms with Gasteiger partial charge in [0.1, 0.15) is 5.82 Å². The maximum absolute atomic E-state index is 13.6. The molecule has 1 N–H and O–H groups in total. The smallest absolute Gasteiger partial charge is 0.272 e. The van der Waals surface area contributed by atoms with E-state index in [0.717, 1.165) is 11.8 Å². The number of benzene rings is 3. The van der Waals surface area contributed by atoms with Crippen LogP contribution in [0.25, 0.3) is 17.3 Å². The highest BCUT2D eigenvalue weighted by atomic mass is 35.5. The Hall–Kier alpha value is -3.79. The van der Waals surface area contributed by atoms with E-state index in [4.69, 9.17) is 16.7 Å². The molecule has 39 heavy (non-hydrogen) atoms. The summed E-state index contributed by atoms with van der Waals surface area (Å²) in [6, 6.07) is 22.1. The first-order chi connectivity index (χ1) is 18.6. The van der Waals surface area contributed by atoms with Crippen molar-refractivity contribution in [2.45, 2.75) is 19.5 Å². The summed E-state index contributed by atoms with van der Waals surface area (Å²) in [5.41, 5.74) is 4.09. The Labute approximate surface area is 231 Å². The molecule has 0 aliphatic carbocycles. The van der Waals surface area contributed by atoms with Crippen molar-refractivity contribution < 1.29 is 17.6 Å². The predicted octanol–water partition coefficient (Wildman–Crippen LogP) is 5.47. The maximum atomic E-state index is 13.6. The number of hydrogen-bond donors (Lipinski definition) is 1. The molecule has 1 aliphatic heterocycles. The minimum Gasteiger partial charge on any atom is -0.344 e. The summed E-state index contributed by atoms with van der Waals surface area (Å²) < 4.78 is 41.9. The number of amides is 1. The summed E-state index contributed by atoms with van der Waals surface area (Å²) in [7, 11) is -3.62. The fourth-order valence-corrected chi connectivity index (χ4v) is 5.44. The largest absolute Gasteiger partial charge is 0.344 e. The first-order valence-corrected chi connectivity index (χ1v) is 14.5. The van der Waals surface area contributed by atoms with Crippen LogP contribution in [-0.4, -0.2) is 41.2 Å². The highest BCUT2D eigenvalue weighted by Crippen LogP contribution is 2.35. The van der Waals surface area contributed by atoms with Crippen molar-refractivity contribution in [3.05, 3.63) is 118 Å². The summed E-state index contributed by atoms with van der Waals surface area (Å²) in [6.07, 6.45) is 2.92. The Morgan fingerprint density at radius 3 is 2.33 bits per heavy atom. The molecule has 0 saturated heterocycles. The van der Waals surface area contributed by atoms with Gasteiger partial charge in [-0.25, -0.2) is 17.5 Å². The number of carbonyl (C=O) groups is 1. The third-order valence-corrected chi connectivity index (χ3v) is 8.03. The number of fused-ring (bicyclic) bond motifs is 1. The number of nitrogens with zero attached hydrogens (tertiary/aromatic N) is 3. The summed E-state index contributed by atoms with van der Waals surface area (Å²) >= 11 is 6.12. The van der Waals surface area contributed by atoms with Crippen molar-refractivity contribution in [1.82, 2.24) is 19.4 Å². The van der Waals surface area contributed by atoms with E-state index in [1.165, 1.54) is 16.4 Å². The van der Waals surface area contributed by atoms with E-state index in [2.05, 4.69) is 5.32 Å². The van der Waals surface area contributed by atoms with Crippen molar-refractivity contribution in [1.29, 1.82) is 0 Å². The molecule has 0 bridgehead atoms. The molecule has 3 aromatic carbocycles. The molecule has 7 nitrogen and oxygen atoms in total. The molecule has 2 heterocycles. The van der Waals surface area contributed by atoms with Crippen LogP contribution >= 0.6 is 11.6 Å². The monoisotopic (exact) mass is 564 g/mol. The lowest BCUT2D eigenvalue weighted by atomic mass is 9.98. The molecular formula is C29H26ClFN4O3S. The van der Waals surface area contributed by atoms with Gasteiger partial charge in [0.05, 0.1) is 23.7 Å². The molecule has 1 amide bonds. The first-order valence-electron chi connectivity index (χ1n) is 12.3. The minimum absolute atomic E-state index is 0.0228. The molecule has 0 unspecified atom stereocenters. The van der Waals surface area contributed by atoms with Crippen LogP contribution in [0.1, 0.15) is 45.8 Å². The molecule has 1 atom stereocenters. The average Bonchev–Trinajstić information content (AvgIpc) is 3.30. The second-order valence-electron chi connectivity index (χ2n) is 9.42.